The van der Waals surface area contributed by atoms with Crippen molar-refractivity contribution in [1.29, 1.82) is 0 Å². The van der Waals surface area contributed by atoms with Crippen LogP contribution in [0.15, 0.2) is 63.9 Å². The minimum absolute atomic E-state index is 0.702. The summed E-state index contributed by atoms with van der Waals surface area (Å²) in [5.41, 5.74) is 6.43. The second-order valence-corrected chi connectivity index (χ2v) is 7.81. The Morgan fingerprint density at radius 2 is 1.50 bits per heavy atom. The molecule has 0 saturated heterocycles. The molecule has 4 aromatic heterocycles. The summed E-state index contributed by atoms with van der Waals surface area (Å²) in [5, 5.41) is 12.5. The van der Waals surface area contributed by atoms with Crippen LogP contribution in [-0.2, 0) is 0 Å². The number of hydrogen-bond donors (Lipinski definition) is 0. The fourth-order valence-electron chi connectivity index (χ4n) is 3.11. The first-order valence-corrected chi connectivity index (χ1v) is 9.89. The van der Waals surface area contributed by atoms with Gasteiger partial charge in [-0.2, -0.15) is 0 Å². The van der Waals surface area contributed by atoms with Crippen LogP contribution in [0.1, 0.15) is 5.56 Å². The first kappa shape index (κ1) is 15.4. The minimum Gasteiger partial charge on any atom is -0.244 e. The molecular formula is C20H13N3OS2. The molecule has 0 saturated carbocycles. The van der Waals surface area contributed by atoms with Crippen molar-refractivity contribution in [2.45, 2.75) is 6.92 Å². The number of hydrogen-bond acceptors (Lipinski definition) is 6. The maximum Gasteiger partial charge on any atom is 0.163 e. The molecule has 0 aliphatic rings. The maximum atomic E-state index is 5.13. The number of thiophene rings is 2. The number of fused-ring (bicyclic) bond motifs is 1. The molecule has 5 rings (SSSR count). The second-order valence-electron chi connectivity index (χ2n) is 5.91. The van der Waals surface area contributed by atoms with E-state index in [0.717, 1.165) is 37.8 Å². The van der Waals surface area contributed by atoms with Crippen LogP contribution in [0.25, 0.3) is 43.3 Å². The Labute approximate surface area is 157 Å². The van der Waals surface area contributed by atoms with E-state index in [-0.39, 0.29) is 0 Å². The zero-order valence-corrected chi connectivity index (χ0v) is 15.5. The maximum absolute atomic E-state index is 5.13. The number of pyridine rings is 1. The molecule has 4 heterocycles. The van der Waals surface area contributed by atoms with Crippen molar-refractivity contribution in [3.63, 3.8) is 0 Å². The highest BCUT2D eigenvalue weighted by Crippen LogP contribution is 2.42. The highest BCUT2D eigenvalue weighted by Gasteiger charge is 2.23. The van der Waals surface area contributed by atoms with Gasteiger partial charge in [-0.1, -0.05) is 36.4 Å². The Bertz CT molecular complexity index is 1190. The molecule has 0 spiro atoms. The van der Waals surface area contributed by atoms with Crippen LogP contribution in [0.3, 0.4) is 0 Å². The van der Waals surface area contributed by atoms with E-state index in [1.54, 1.807) is 22.7 Å². The molecule has 4 nitrogen and oxygen atoms in total. The molecule has 126 valence electrons. The lowest BCUT2D eigenvalue weighted by Gasteiger charge is -2.12. The molecule has 0 N–H and O–H groups in total. The predicted octanol–water partition coefficient (Wildman–Crippen LogP) is 6.05. The third-order valence-electron chi connectivity index (χ3n) is 4.33. The van der Waals surface area contributed by atoms with Gasteiger partial charge in [-0.05, 0) is 45.7 Å². The fraction of sp³-hybridized carbons (Fsp3) is 0.0500. The molecule has 0 bridgehead atoms. The van der Waals surface area contributed by atoms with Gasteiger partial charge in [0.25, 0.3) is 0 Å². The van der Waals surface area contributed by atoms with Crippen LogP contribution in [0.4, 0.5) is 0 Å². The molecule has 6 heteroatoms. The van der Waals surface area contributed by atoms with Crippen molar-refractivity contribution in [2.24, 2.45) is 0 Å². The molecule has 0 atom stereocenters. The topological polar surface area (TPSA) is 51.8 Å². The zero-order valence-electron chi connectivity index (χ0n) is 13.8. The third-order valence-corrected chi connectivity index (χ3v) is 6.10. The van der Waals surface area contributed by atoms with Crippen molar-refractivity contribution in [3.8, 4) is 32.3 Å². The highest BCUT2D eigenvalue weighted by atomic mass is 32.1. The molecule has 0 fully saturated rings. The Morgan fingerprint density at radius 1 is 0.769 bits per heavy atom. The lowest BCUT2D eigenvalue weighted by molar-refractivity contribution is 0.315. The highest BCUT2D eigenvalue weighted by molar-refractivity contribution is 7.14. The van der Waals surface area contributed by atoms with Gasteiger partial charge in [0, 0.05) is 16.0 Å². The number of rotatable bonds is 3. The first-order chi connectivity index (χ1) is 12.8. The normalized spacial score (nSPS) is 11.3. The summed E-state index contributed by atoms with van der Waals surface area (Å²) in [6, 6.07) is 16.5. The van der Waals surface area contributed by atoms with E-state index >= 15 is 0 Å². The molecule has 0 aliphatic heterocycles. The van der Waals surface area contributed by atoms with E-state index in [2.05, 4.69) is 40.8 Å². The molecule has 0 unspecified atom stereocenters. The summed E-state index contributed by atoms with van der Waals surface area (Å²) in [4.78, 5) is 7.22. The Morgan fingerprint density at radius 3 is 2.23 bits per heavy atom. The standard InChI is InChI=1S/C20H13N3OS2/c1-12-6-2-3-7-13(12)17-16(14-8-4-10-25-14)19-20(23-24-22-19)18(21-17)15-9-5-11-26-15/h2-11H,1H3. The lowest BCUT2D eigenvalue weighted by Crippen LogP contribution is -1.95. The average Bonchev–Trinajstić information content (AvgIpc) is 3.42. The van der Waals surface area contributed by atoms with Crippen molar-refractivity contribution in [3.05, 3.63) is 64.9 Å². The van der Waals surface area contributed by atoms with Crippen molar-refractivity contribution < 1.29 is 4.63 Å². The van der Waals surface area contributed by atoms with E-state index in [4.69, 9.17) is 9.61 Å². The van der Waals surface area contributed by atoms with E-state index in [0.29, 0.717) is 5.52 Å². The Balaban J connectivity index is 1.93. The Hall–Kier alpha value is -2.83. The van der Waals surface area contributed by atoms with Gasteiger partial charge in [-0.3, -0.25) is 0 Å². The van der Waals surface area contributed by atoms with Crippen LogP contribution in [-0.4, -0.2) is 15.3 Å². The van der Waals surface area contributed by atoms with Crippen LogP contribution in [0.5, 0.6) is 0 Å². The number of nitrogens with zero attached hydrogens (tertiary/aromatic N) is 3. The number of benzene rings is 1. The molecule has 1 aromatic carbocycles. The van der Waals surface area contributed by atoms with E-state index in [9.17, 15) is 0 Å². The van der Waals surface area contributed by atoms with Crippen molar-refractivity contribution in [1.82, 2.24) is 15.3 Å². The smallest absolute Gasteiger partial charge is 0.163 e. The molecule has 5 aromatic rings. The second kappa shape index (κ2) is 6.16. The van der Waals surface area contributed by atoms with Gasteiger partial charge in [0.2, 0.25) is 0 Å². The fourth-order valence-corrected chi connectivity index (χ4v) is 4.60. The molecule has 0 aliphatic carbocycles. The summed E-state index contributed by atoms with van der Waals surface area (Å²) in [7, 11) is 0. The van der Waals surface area contributed by atoms with Crippen molar-refractivity contribution in [2.75, 3.05) is 0 Å². The van der Waals surface area contributed by atoms with Gasteiger partial charge < -0.3 is 0 Å². The summed E-state index contributed by atoms with van der Waals surface area (Å²) in [6.45, 7) is 2.10. The van der Waals surface area contributed by atoms with Crippen molar-refractivity contribution >= 4 is 33.7 Å². The summed E-state index contributed by atoms with van der Waals surface area (Å²) in [6.07, 6.45) is 0. The van der Waals surface area contributed by atoms with Crippen LogP contribution in [0.2, 0.25) is 0 Å². The monoisotopic (exact) mass is 375 g/mol. The SMILES string of the molecule is Cc1ccccc1-c1nc(-c2cccs2)c2nonc2c1-c1cccs1. The van der Waals surface area contributed by atoms with Gasteiger partial charge in [-0.15, -0.1) is 22.7 Å². The van der Waals surface area contributed by atoms with Gasteiger partial charge >= 0.3 is 0 Å². The Kier molecular flexibility index (Phi) is 3.65. The average molecular weight is 375 g/mol. The summed E-state index contributed by atoms with van der Waals surface area (Å²) >= 11 is 3.30. The van der Waals surface area contributed by atoms with Gasteiger partial charge in [0.15, 0.2) is 5.52 Å². The van der Waals surface area contributed by atoms with E-state index < -0.39 is 0 Å². The molecule has 0 amide bonds. The van der Waals surface area contributed by atoms with E-state index in [1.807, 2.05) is 35.7 Å². The molecular weight excluding hydrogens is 362 g/mol. The molecule has 0 radical (unpaired) electrons. The number of aryl methyl sites for hydroxylation is 1. The van der Waals surface area contributed by atoms with Gasteiger partial charge in [0.05, 0.1) is 10.6 Å². The lowest BCUT2D eigenvalue weighted by atomic mass is 9.98. The summed E-state index contributed by atoms with van der Waals surface area (Å²) < 4.78 is 5.13. The van der Waals surface area contributed by atoms with Crippen LogP contribution in [0, 0.1) is 6.92 Å². The van der Waals surface area contributed by atoms with Crippen LogP contribution >= 0.6 is 22.7 Å². The third kappa shape index (κ3) is 2.38. The van der Waals surface area contributed by atoms with Gasteiger partial charge in [0.1, 0.15) is 11.2 Å². The van der Waals surface area contributed by atoms with E-state index in [1.165, 1.54) is 5.56 Å². The minimum atomic E-state index is 0.702. The van der Waals surface area contributed by atoms with Crippen LogP contribution < -0.4 is 0 Å². The zero-order chi connectivity index (χ0) is 17.5. The summed E-state index contributed by atoms with van der Waals surface area (Å²) in [5.74, 6) is 0. The first-order valence-electron chi connectivity index (χ1n) is 8.13. The molecule has 26 heavy (non-hydrogen) atoms. The quantitative estimate of drug-likeness (QED) is 0.385. The largest absolute Gasteiger partial charge is 0.244 e. The van der Waals surface area contributed by atoms with Gasteiger partial charge in [-0.25, -0.2) is 9.61 Å². The predicted molar refractivity (Wildman–Crippen MR) is 106 cm³/mol. The number of aromatic nitrogens is 3.